The van der Waals surface area contributed by atoms with Crippen molar-refractivity contribution in [3.05, 3.63) is 11.1 Å². The minimum absolute atomic E-state index is 1.06. The predicted molar refractivity (Wildman–Crippen MR) is 47.9 cm³/mol. The summed E-state index contributed by atoms with van der Waals surface area (Å²) in [5, 5.41) is 2.14. The van der Waals surface area contributed by atoms with Gasteiger partial charge in [0.1, 0.15) is 4.34 Å². The number of thiazole rings is 1. The summed E-state index contributed by atoms with van der Waals surface area (Å²) in [6.07, 6.45) is 1.06. The van der Waals surface area contributed by atoms with Gasteiger partial charge in [-0.15, -0.1) is 11.3 Å². The van der Waals surface area contributed by atoms with E-state index in [1.165, 1.54) is 10.0 Å². The molecule has 0 unspecified atom stereocenters. The standard InChI is InChI=1S/C7H11NS2/c1-3-6-5-10-7(8-6)9-4-2/h5H,3-4H2,1-2H3. The summed E-state index contributed by atoms with van der Waals surface area (Å²) < 4.78 is 1.21. The molecule has 0 aliphatic carbocycles. The zero-order chi connectivity index (χ0) is 7.40. The van der Waals surface area contributed by atoms with Crippen molar-refractivity contribution in [1.82, 2.24) is 4.98 Å². The van der Waals surface area contributed by atoms with Crippen LogP contribution >= 0.6 is 23.1 Å². The van der Waals surface area contributed by atoms with Crippen LogP contribution < -0.4 is 0 Å². The molecule has 0 saturated heterocycles. The lowest BCUT2D eigenvalue weighted by atomic mass is 10.4. The van der Waals surface area contributed by atoms with Crippen LogP contribution in [0.5, 0.6) is 0 Å². The topological polar surface area (TPSA) is 12.9 Å². The molecule has 3 heteroatoms. The molecule has 1 heterocycles. The molecule has 0 saturated carbocycles. The van der Waals surface area contributed by atoms with Crippen LogP contribution in [0.15, 0.2) is 9.72 Å². The van der Waals surface area contributed by atoms with E-state index in [4.69, 9.17) is 0 Å². The third-order valence-corrected chi connectivity index (χ3v) is 3.11. The maximum atomic E-state index is 4.40. The molecule has 0 amide bonds. The predicted octanol–water partition coefficient (Wildman–Crippen LogP) is 2.82. The van der Waals surface area contributed by atoms with Gasteiger partial charge in [-0.2, -0.15) is 0 Å². The summed E-state index contributed by atoms with van der Waals surface area (Å²) in [6.45, 7) is 4.28. The molecule has 0 bridgehead atoms. The molecule has 1 aromatic heterocycles. The SMILES string of the molecule is CCSc1nc(CC)cs1. The molecule has 0 aliphatic heterocycles. The fourth-order valence-corrected chi connectivity index (χ4v) is 2.47. The van der Waals surface area contributed by atoms with E-state index in [9.17, 15) is 0 Å². The molecule has 0 aromatic carbocycles. The highest BCUT2D eigenvalue weighted by molar-refractivity contribution is 8.00. The van der Waals surface area contributed by atoms with Crippen molar-refractivity contribution in [3.63, 3.8) is 0 Å². The molecule has 1 rings (SSSR count). The number of aromatic nitrogens is 1. The number of thioether (sulfide) groups is 1. The van der Waals surface area contributed by atoms with E-state index in [-0.39, 0.29) is 0 Å². The lowest BCUT2D eigenvalue weighted by molar-refractivity contribution is 1.02. The molecule has 0 spiro atoms. The second kappa shape index (κ2) is 3.98. The summed E-state index contributed by atoms with van der Waals surface area (Å²) in [6, 6.07) is 0. The fraction of sp³-hybridized carbons (Fsp3) is 0.571. The maximum absolute atomic E-state index is 4.40. The van der Waals surface area contributed by atoms with Crippen molar-refractivity contribution < 1.29 is 0 Å². The Morgan fingerprint density at radius 3 is 2.90 bits per heavy atom. The first-order chi connectivity index (χ1) is 4.86. The van der Waals surface area contributed by atoms with Crippen molar-refractivity contribution in [2.24, 2.45) is 0 Å². The van der Waals surface area contributed by atoms with Crippen molar-refractivity contribution >= 4 is 23.1 Å². The summed E-state index contributed by atoms with van der Waals surface area (Å²) >= 11 is 3.57. The van der Waals surface area contributed by atoms with Gasteiger partial charge in [-0.1, -0.05) is 25.6 Å². The van der Waals surface area contributed by atoms with E-state index >= 15 is 0 Å². The van der Waals surface area contributed by atoms with E-state index in [0.717, 1.165) is 12.2 Å². The Balaban J connectivity index is 2.59. The van der Waals surface area contributed by atoms with Crippen LogP contribution in [0.1, 0.15) is 19.5 Å². The van der Waals surface area contributed by atoms with Gasteiger partial charge in [0.15, 0.2) is 0 Å². The van der Waals surface area contributed by atoms with Crippen molar-refractivity contribution in [1.29, 1.82) is 0 Å². The molecular weight excluding hydrogens is 162 g/mol. The molecule has 1 nitrogen and oxygen atoms in total. The third-order valence-electron chi connectivity index (χ3n) is 1.16. The van der Waals surface area contributed by atoms with Gasteiger partial charge in [0.25, 0.3) is 0 Å². The van der Waals surface area contributed by atoms with Crippen LogP contribution in [0.3, 0.4) is 0 Å². The van der Waals surface area contributed by atoms with Crippen LogP contribution in [0, 0.1) is 0 Å². The van der Waals surface area contributed by atoms with Gasteiger partial charge < -0.3 is 0 Å². The summed E-state index contributed by atoms with van der Waals surface area (Å²) in [4.78, 5) is 4.40. The molecule has 0 atom stereocenters. The Morgan fingerprint density at radius 2 is 2.40 bits per heavy atom. The van der Waals surface area contributed by atoms with Gasteiger partial charge >= 0.3 is 0 Å². The van der Waals surface area contributed by atoms with Gasteiger partial charge in [0, 0.05) is 5.38 Å². The van der Waals surface area contributed by atoms with Crippen molar-refractivity contribution in [3.8, 4) is 0 Å². The largest absolute Gasteiger partial charge is 0.235 e. The molecule has 0 N–H and O–H groups in total. The highest BCUT2D eigenvalue weighted by Gasteiger charge is 1.97. The van der Waals surface area contributed by atoms with Crippen LogP contribution in [-0.4, -0.2) is 10.7 Å². The number of nitrogens with zero attached hydrogens (tertiary/aromatic N) is 1. The highest BCUT2D eigenvalue weighted by Crippen LogP contribution is 2.21. The minimum atomic E-state index is 1.06. The van der Waals surface area contributed by atoms with Crippen molar-refractivity contribution in [2.75, 3.05) is 5.75 Å². The van der Waals surface area contributed by atoms with Gasteiger partial charge in [-0.05, 0) is 12.2 Å². The van der Waals surface area contributed by atoms with Crippen LogP contribution in [0.25, 0.3) is 0 Å². The summed E-state index contributed by atoms with van der Waals surface area (Å²) in [7, 11) is 0. The van der Waals surface area contributed by atoms with Crippen LogP contribution in [0.2, 0.25) is 0 Å². The Labute approximate surface area is 69.9 Å². The second-order valence-electron chi connectivity index (χ2n) is 1.89. The number of hydrogen-bond donors (Lipinski definition) is 0. The molecule has 1 aromatic rings. The Bertz CT molecular complexity index is 195. The maximum Gasteiger partial charge on any atom is 0.150 e. The minimum Gasteiger partial charge on any atom is -0.235 e. The lowest BCUT2D eigenvalue weighted by Crippen LogP contribution is -1.77. The van der Waals surface area contributed by atoms with E-state index < -0.39 is 0 Å². The first-order valence-corrected chi connectivity index (χ1v) is 5.30. The summed E-state index contributed by atoms with van der Waals surface area (Å²) in [5.41, 5.74) is 1.22. The van der Waals surface area contributed by atoms with E-state index in [1.807, 2.05) is 11.8 Å². The average Bonchev–Trinajstić information content (AvgIpc) is 2.37. The van der Waals surface area contributed by atoms with E-state index in [2.05, 4.69) is 24.2 Å². The molecule has 0 radical (unpaired) electrons. The van der Waals surface area contributed by atoms with E-state index in [1.54, 1.807) is 11.3 Å². The molecule has 0 fully saturated rings. The molecule has 0 aliphatic rings. The van der Waals surface area contributed by atoms with Crippen LogP contribution in [-0.2, 0) is 6.42 Å². The van der Waals surface area contributed by atoms with Gasteiger partial charge in [0.2, 0.25) is 0 Å². The summed E-state index contributed by atoms with van der Waals surface area (Å²) in [5.74, 6) is 1.12. The monoisotopic (exact) mass is 173 g/mol. The lowest BCUT2D eigenvalue weighted by Gasteiger charge is -1.87. The van der Waals surface area contributed by atoms with Crippen molar-refractivity contribution in [2.45, 2.75) is 24.6 Å². The zero-order valence-corrected chi connectivity index (χ0v) is 7.89. The Kier molecular flexibility index (Phi) is 3.22. The highest BCUT2D eigenvalue weighted by atomic mass is 32.2. The average molecular weight is 173 g/mol. The molecule has 10 heavy (non-hydrogen) atoms. The fourth-order valence-electron chi connectivity index (χ4n) is 0.641. The van der Waals surface area contributed by atoms with Crippen LogP contribution in [0.4, 0.5) is 0 Å². The second-order valence-corrected chi connectivity index (χ2v) is 4.26. The molecular formula is C7H11NS2. The normalized spacial score (nSPS) is 10.2. The molecule has 56 valence electrons. The first-order valence-electron chi connectivity index (χ1n) is 3.44. The first kappa shape index (κ1) is 8.08. The number of rotatable bonds is 3. The van der Waals surface area contributed by atoms with Gasteiger partial charge in [0.05, 0.1) is 5.69 Å². The quantitative estimate of drug-likeness (QED) is 0.652. The number of hydrogen-bond acceptors (Lipinski definition) is 3. The van der Waals surface area contributed by atoms with Gasteiger partial charge in [-0.3, -0.25) is 0 Å². The van der Waals surface area contributed by atoms with Gasteiger partial charge in [-0.25, -0.2) is 4.98 Å². The zero-order valence-electron chi connectivity index (χ0n) is 6.26. The smallest absolute Gasteiger partial charge is 0.150 e. The Hall–Kier alpha value is -0.0200. The Morgan fingerprint density at radius 1 is 1.60 bits per heavy atom. The number of aryl methyl sites for hydroxylation is 1. The van der Waals surface area contributed by atoms with E-state index in [0.29, 0.717) is 0 Å². The third kappa shape index (κ3) is 1.99.